The van der Waals surface area contributed by atoms with Crippen molar-refractivity contribution in [2.75, 3.05) is 33.4 Å². The summed E-state index contributed by atoms with van der Waals surface area (Å²) >= 11 is 5.97. The number of carbonyl (C=O) groups is 1. The van der Waals surface area contributed by atoms with Gasteiger partial charge in [-0.1, -0.05) is 11.6 Å². The Kier molecular flexibility index (Phi) is 5.64. The molecule has 5 nitrogen and oxygen atoms in total. The maximum Gasteiger partial charge on any atom is 0.255 e. The number of hydrogen-bond acceptors (Lipinski definition) is 4. The number of amides is 1. The molecule has 0 bridgehead atoms. The predicted molar refractivity (Wildman–Crippen MR) is 77.6 cm³/mol. The summed E-state index contributed by atoms with van der Waals surface area (Å²) in [6, 6.07) is 5.20. The summed E-state index contributed by atoms with van der Waals surface area (Å²) in [4.78, 5) is 12.3. The highest BCUT2D eigenvalue weighted by molar-refractivity contribution is 6.31. The van der Waals surface area contributed by atoms with Crippen LogP contribution < -0.4 is 15.4 Å². The molecule has 110 valence electrons. The molecule has 1 unspecified atom stereocenters. The summed E-state index contributed by atoms with van der Waals surface area (Å²) < 4.78 is 10.5. The minimum absolute atomic E-state index is 0.159. The average Bonchev–Trinajstić information content (AvgIpc) is 2.93. The average molecular weight is 299 g/mol. The summed E-state index contributed by atoms with van der Waals surface area (Å²) in [5.74, 6) is 0.364. The second kappa shape index (κ2) is 7.47. The van der Waals surface area contributed by atoms with Gasteiger partial charge in [-0.3, -0.25) is 4.79 Å². The van der Waals surface area contributed by atoms with E-state index in [1.807, 2.05) is 0 Å². The first-order valence-corrected chi connectivity index (χ1v) is 7.01. The zero-order chi connectivity index (χ0) is 14.4. The molecule has 0 aliphatic carbocycles. The zero-order valence-electron chi connectivity index (χ0n) is 11.4. The molecule has 1 aliphatic rings. The Morgan fingerprint density at radius 3 is 3.05 bits per heavy atom. The minimum atomic E-state index is -0.159. The minimum Gasteiger partial charge on any atom is -0.490 e. The van der Waals surface area contributed by atoms with Crippen LogP contribution >= 0.6 is 11.6 Å². The van der Waals surface area contributed by atoms with Crippen molar-refractivity contribution in [2.45, 2.75) is 12.5 Å². The fraction of sp³-hybridized carbons (Fsp3) is 0.500. The van der Waals surface area contributed by atoms with Crippen molar-refractivity contribution < 1.29 is 14.3 Å². The van der Waals surface area contributed by atoms with Gasteiger partial charge < -0.3 is 20.1 Å². The van der Waals surface area contributed by atoms with Gasteiger partial charge in [0.2, 0.25) is 0 Å². The van der Waals surface area contributed by atoms with Gasteiger partial charge in [-0.15, -0.1) is 0 Å². The van der Waals surface area contributed by atoms with Crippen LogP contribution in [0.15, 0.2) is 18.2 Å². The molecule has 0 saturated carbocycles. The van der Waals surface area contributed by atoms with E-state index in [9.17, 15) is 4.79 Å². The van der Waals surface area contributed by atoms with Crippen LogP contribution in [0.4, 0.5) is 0 Å². The third-order valence-electron chi connectivity index (χ3n) is 3.13. The van der Waals surface area contributed by atoms with Crippen LogP contribution in [0.1, 0.15) is 16.8 Å². The van der Waals surface area contributed by atoms with Crippen molar-refractivity contribution in [3.8, 4) is 5.75 Å². The number of rotatable bonds is 6. The first-order chi connectivity index (χ1) is 9.70. The first kappa shape index (κ1) is 15.1. The Morgan fingerprint density at radius 1 is 1.50 bits per heavy atom. The van der Waals surface area contributed by atoms with Crippen molar-refractivity contribution in [3.05, 3.63) is 28.8 Å². The Morgan fingerprint density at radius 2 is 2.35 bits per heavy atom. The normalized spacial score (nSPS) is 18.0. The van der Waals surface area contributed by atoms with Crippen LogP contribution in [0.25, 0.3) is 0 Å². The van der Waals surface area contributed by atoms with E-state index in [1.54, 1.807) is 25.3 Å². The highest BCUT2D eigenvalue weighted by Crippen LogP contribution is 2.23. The van der Waals surface area contributed by atoms with E-state index in [2.05, 4.69) is 10.6 Å². The lowest BCUT2D eigenvalue weighted by Gasteiger charge is -2.15. The molecule has 1 aromatic rings. The van der Waals surface area contributed by atoms with Gasteiger partial charge in [0, 0.05) is 24.7 Å². The lowest BCUT2D eigenvalue weighted by molar-refractivity contribution is 0.0932. The van der Waals surface area contributed by atoms with Gasteiger partial charge in [0.05, 0.1) is 12.2 Å². The molecule has 0 spiro atoms. The molecular weight excluding hydrogens is 280 g/mol. The highest BCUT2D eigenvalue weighted by Gasteiger charge is 2.20. The Balaban J connectivity index is 2.06. The van der Waals surface area contributed by atoms with Crippen molar-refractivity contribution >= 4 is 17.5 Å². The van der Waals surface area contributed by atoms with E-state index in [-0.39, 0.29) is 11.9 Å². The molecule has 2 rings (SSSR count). The molecule has 2 N–H and O–H groups in total. The van der Waals surface area contributed by atoms with Gasteiger partial charge in [0.25, 0.3) is 5.91 Å². The van der Waals surface area contributed by atoms with E-state index in [4.69, 9.17) is 21.1 Å². The van der Waals surface area contributed by atoms with Gasteiger partial charge in [-0.2, -0.15) is 0 Å². The van der Waals surface area contributed by atoms with Crippen LogP contribution in [-0.2, 0) is 4.74 Å². The molecule has 1 heterocycles. The lowest BCUT2D eigenvalue weighted by Crippen LogP contribution is -2.36. The van der Waals surface area contributed by atoms with Gasteiger partial charge in [-0.05, 0) is 31.2 Å². The van der Waals surface area contributed by atoms with Crippen LogP contribution in [0.5, 0.6) is 5.75 Å². The van der Waals surface area contributed by atoms with Crippen molar-refractivity contribution in [2.24, 2.45) is 0 Å². The standard InChI is InChI=1S/C14H19ClN2O3/c1-19-6-7-20-13-3-2-10(15)8-12(13)14(18)17-11-4-5-16-9-11/h2-3,8,11,16H,4-7,9H2,1H3,(H,17,18). The molecular formula is C14H19ClN2O3. The second-order valence-corrected chi connectivity index (χ2v) is 5.08. The third kappa shape index (κ3) is 4.10. The van der Waals surface area contributed by atoms with Crippen molar-refractivity contribution in [3.63, 3.8) is 0 Å². The number of hydrogen-bond donors (Lipinski definition) is 2. The quantitative estimate of drug-likeness (QED) is 0.781. The number of ether oxygens (including phenoxy) is 2. The summed E-state index contributed by atoms with van der Waals surface area (Å²) in [5, 5.41) is 6.70. The summed E-state index contributed by atoms with van der Waals surface area (Å²) in [6.07, 6.45) is 0.937. The fourth-order valence-corrected chi connectivity index (χ4v) is 2.25. The maximum absolute atomic E-state index is 12.3. The molecule has 20 heavy (non-hydrogen) atoms. The Labute approximate surface area is 123 Å². The number of benzene rings is 1. The Hall–Kier alpha value is -1.30. The van der Waals surface area contributed by atoms with Crippen LogP contribution in [0.3, 0.4) is 0 Å². The van der Waals surface area contributed by atoms with E-state index in [0.717, 1.165) is 19.5 Å². The Bertz CT molecular complexity index is 462. The van der Waals surface area contributed by atoms with Gasteiger partial charge in [-0.25, -0.2) is 0 Å². The van der Waals surface area contributed by atoms with Crippen molar-refractivity contribution in [1.29, 1.82) is 0 Å². The fourth-order valence-electron chi connectivity index (χ4n) is 2.08. The number of nitrogens with one attached hydrogen (secondary N) is 2. The summed E-state index contributed by atoms with van der Waals surface area (Å²) in [7, 11) is 1.60. The molecule has 1 aromatic carbocycles. The van der Waals surface area contributed by atoms with Crippen molar-refractivity contribution in [1.82, 2.24) is 10.6 Å². The SMILES string of the molecule is COCCOc1ccc(Cl)cc1C(=O)NC1CCNC1. The largest absolute Gasteiger partial charge is 0.490 e. The van der Waals surface area contributed by atoms with E-state index < -0.39 is 0 Å². The third-order valence-corrected chi connectivity index (χ3v) is 3.36. The molecule has 6 heteroatoms. The smallest absolute Gasteiger partial charge is 0.255 e. The number of halogens is 1. The highest BCUT2D eigenvalue weighted by atomic mass is 35.5. The topological polar surface area (TPSA) is 59.6 Å². The van der Waals surface area contributed by atoms with E-state index in [1.165, 1.54) is 0 Å². The van der Waals surface area contributed by atoms with Gasteiger partial charge in [0.15, 0.2) is 0 Å². The van der Waals surface area contributed by atoms with Gasteiger partial charge >= 0.3 is 0 Å². The first-order valence-electron chi connectivity index (χ1n) is 6.63. The zero-order valence-corrected chi connectivity index (χ0v) is 12.2. The number of carbonyl (C=O) groups excluding carboxylic acids is 1. The maximum atomic E-state index is 12.3. The summed E-state index contributed by atoms with van der Waals surface area (Å²) in [6.45, 7) is 2.59. The molecule has 1 amide bonds. The van der Waals surface area contributed by atoms with E-state index >= 15 is 0 Å². The number of methoxy groups -OCH3 is 1. The molecule has 0 radical (unpaired) electrons. The van der Waals surface area contributed by atoms with Crippen LogP contribution in [-0.4, -0.2) is 45.4 Å². The van der Waals surface area contributed by atoms with Crippen LogP contribution in [0, 0.1) is 0 Å². The molecule has 1 saturated heterocycles. The molecule has 1 aliphatic heterocycles. The monoisotopic (exact) mass is 298 g/mol. The lowest BCUT2D eigenvalue weighted by atomic mass is 10.1. The second-order valence-electron chi connectivity index (χ2n) is 4.64. The summed E-state index contributed by atoms with van der Waals surface area (Å²) in [5.41, 5.74) is 0.459. The molecule has 1 atom stereocenters. The van der Waals surface area contributed by atoms with E-state index in [0.29, 0.717) is 29.5 Å². The molecule has 1 fully saturated rings. The molecule has 0 aromatic heterocycles. The van der Waals surface area contributed by atoms with Crippen LogP contribution in [0.2, 0.25) is 5.02 Å². The van der Waals surface area contributed by atoms with Gasteiger partial charge in [0.1, 0.15) is 12.4 Å². The predicted octanol–water partition coefficient (Wildman–Crippen LogP) is 1.46.